The third kappa shape index (κ3) is 135. The minimum Gasteiger partial charge on any atom is -0.463 e. The van der Waals surface area contributed by atoms with Gasteiger partial charge < -0.3 is 11.5 Å². The summed E-state index contributed by atoms with van der Waals surface area (Å²) in [6, 6.07) is -1.08. The Morgan fingerprint density at radius 2 is 1.67 bits per heavy atom. The second-order valence-electron chi connectivity index (χ2n) is 0.364. The van der Waals surface area contributed by atoms with Crippen LogP contribution in [0.1, 0.15) is 0 Å². The summed E-state index contributed by atoms with van der Waals surface area (Å²) in [5.74, 6) is 0. The van der Waals surface area contributed by atoms with E-state index in [0.29, 0.717) is 0 Å². The fourth-order valence-corrected chi connectivity index (χ4v) is 0. The van der Waals surface area contributed by atoms with E-state index < -0.39 is 6.03 Å². The van der Waals surface area contributed by atoms with Gasteiger partial charge in [0.15, 0.2) is 17.4 Å². The van der Waals surface area contributed by atoms with Crippen molar-refractivity contribution in [2.45, 2.75) is 0 Å². The molecule has 5 heteroatoms. The normalized spacial score (nSPS) is 4.00. The third-order valence-corrected chi connectivity index (χ3v) is 0. The Balaban J connectivity index is -0.0000000450. The summed E-state index contributed by atoms with van der Waals surface area (Å²) in [5, 5.41) is 0. The minimum absolute atomic E-state index is 0. The maximum absolute atomic E-state index is 8.89. The molecule has 0 aliphatic rings. The number of primary amides is 1. The number of rotatable bonds is 0. The molecular weight excluding hydrogens is 174 g/mol. The number of amides is 2. The Morgan fingerprint density at radius 3 is 1.67 bits per heavy atom. The van der Waals surface area contributed by atoms with Gasteiger partial charge in [-0.05, 0) is 0 Å². The molecular formula is CH6AlN2OZr-. The van der Waals surface area contributed by atoms with Crippen LogP contribution in [0.25, 0.3) is 5.73 Å². The molecule has 3 N–H and O–H groups in total. The molecule has 0 saturated carbocycles. The molecule has 0 bridgehead atoms. The first-order chi connectivity index (χ1) is 1.73. The molecule has 34 valence electrons. The summed E-state index contributed by atoms with van der Waals surface area (Å²) in [4.78, 5) is 8.89. The molecule has 6 heavy (non-hydrogen) atoms. The summed E-state index contributed by atoms with van der Waals surface area (Å²) < 4.78 is 0. The van der Waals surface area contributed by atoms with E-state index in [1.807, 2.05) is 0 Å². The van der Waals surface area contributed by atoms with E-state index in [-0.39, 0.29) is 43.6 Å². The van der Waals surface area contributed by atoms with E-state index in [1.54, 1.807) is 0 Å². The van der Waals surface area contributed by atoms with Crippen LogP contribution in [0.2, 0.25) is 0 Å². The molecule has 0 aliphatic heterocycles. The number of hydrogen-bond donors (Lipinski definition) is 1. The third-order valence-electron chi connectivity index (χ3n) is 0. The molecule has 0 aromatic carbocycles. The molecule has 0 saturated heterocycles. The standard InChI is InChI=1S/CH4N2O.Al.Zr.3H/c2-1(3)4;;;;;/h(H4,2,3,4);;;;;/p-1. The first-order valence-corrected chi connectivity index (χ1v) is 0.743. The molecule has 0 radical (unpaired) electrons. The predicted octanol–water partition coefficient (Wildman–Crippen LogP) is -1.07. The van der Waals surface area contributed by atoms with Gasteiger partial charge in [0, 0.05) is 26.2 Å². The van der Waals surface area contributed by atoms with Crippen molar-refractivity contribution < 1.29 is 31.0 Å². The number of urea groups is 1. The van der Waals surface area contributed by atoms with Crippen LogP contribution in [-0.4, -0.2) is 23.4 Å². The van der Waals surface area contributed by atoms with Crippen molar-refractivity contribution in [2.75, 3.05) is 0 Å². The first kappa shape index (κ1) is 15.9. The van der Waals surface area contributed by atoms with Crippen molar-refractivity contribution >= 4 is 23.4 Å². The van der Waals surface area contributed by atoms with Crippen molar-refractivity contribution in [3.05, 3.63) is 5.73 Å². The fourth-order valence-electron chi connectivity index (χ4n) is 0. The van der Waals surface area contributed by atoms with Crippen molar-refractivity contribution in [3.8, 4) is 0 Å². The van der Waals surface area contributed by atoms with Gasteiger partial charge in [-0.1, -0.05) is 0 Å². The molecule has 0 atom stereocenters. The summed E-state index contributed by atoms with van der Waals surface area (Å²) in [6.45, 7) is 0. The van der Waals surface area contributed by atoms with E-state index >= 15 is 0 Å². The smallest absolute Gasteiger partial charge is 0.187 e. The van der Waals surface area contributed by atoms with Crippen LogP contribution in [0, 0.1) is 0 Å². The maximum Gasteiger partial charge on any atom is 0.187 e. The Morgan fingerprint density at radius 1 is 1.67 bits per heavy atom. The van der Waals surface area contributed by atoms with Gasteiger partial charge in [0.2, 0.25) is 0 Å². The number of nitrogens with one attached hydrogen (secondary N) is 1. The van der Waals surface area contributed by atoms with Crippen LogP contribution in [0.5, 0.6) is 0 Å². The molecule has 0 spiro atoms. The van der Waals surface area contributed by atoms with Crippen LogP contribution < -0.4 is 5.73 Å². The number of carbonyl (C=O) groups excluding carboxylic acids is 1. The Kier molecular flexibility index (Phi) is 24.4. The topological polar surface area (TPSA) is 66.9 Å². The first-order valence-electron chi connectivity index (χ1n) is 0.743. The Hall–Kier alpha value is 0.686. The van der Waals surface area contributed by atoms with Crippen molar-refractivity contribution in [2.24, 2.45) is 5.73 Å². The van der Waals surface area contributed by atoms with Gasteiger partial charge in [-0.3, -0.25) is 4.79 Å². The van der Waals surface area contributed by atoms with Crippen molar-refractivity contribution in [1.29, 1.82) is 0 Å². The maximum atomic E-state index is 8.89. The Bertz CT molecular complexity index is 36.5. The van der Waals surface area contributed by atoms with Gasteiger partial charge >= 0.3 is 0 Å². The summed E-state index contributed by atoms with van der Waals surface area (Å²) >= 11 is 0. The van der Waals surface area contributed by atoms with Crippen molar-refractivity contribution in [3.63, 3.8) is 0 Å². The molecule has 0 aromatic heterocycles. The van der Waals surface area contributed by atoms with Gasteiger partial charge in [-0.2, -0.15) is 0 Å². The van der Waals surface area contributed by atoms with Gasteiger partial charge in [-0.15, -0.1) is 0 Å². The summed E-state index contributed by atoms with van der Waals surface area (Å²) in [6.07, 6.45) is 0. The molecule has 0 aromatic rings. The van der Waals surface area contributed by atoms with Gasteiger partial charge in [0.05, 0.1) is 0 Å². The molecule has 0 rings (SSSR count). The van der Waals surface area contributed by atoms with Crippen LogP contribution in [0.4, 0.5) is 4.79 Å². The zero-order valence-electron chi connectivity index (χ0n) is 2.49. The van der Waals surface area contributed by atoms with Crippen LogP contribution >= 0.6 is 0 Å². The van der Waals surface area contributed by atoms with E-state index in [0.717, 1.165) is 0 Å². The number of nitrogens with two attached hydrogens (primary N) is 1. The molecule has 0 heterocycles. The second-order valence-corrected chi connectivity index (χ2v) is 0.364. The monoisotopic (exact) mass is 179 g/mol. The number of carbonyl (C=O) groups is 1. The molecule has 3 nitrogen and oxygen atoms in total. The Labute approximate surface area is 65.7 Å². The molecule has 0 aliphatic carbocycles. The average Bonchev–Trinajstić information content (AvgIpc) is 0.811. The zero-order valence-corrected chi connectivity index (χ0v) is 4.94. The average molecular weight is 180 g/mol. The SMILES string of the molecule is [AlH3].[NH-]C(N)=O.[Zr]. The minimum atomic E-state index is -1.08. The molecule has 2 amide bonds. The molecule has 0 fully saturated rings. The quantitative estimate of drug-likeness (QED) is 0.474. The van der Waals surface area contributed by atoms with Gasteiger partial charge in [-0.25, -0.2) is 0 Å². The molecule has 0 unspecified atom stereocenters. The van der Waals surface area contributed by atoms with E-state index in [2.05, 4.69) is 5.73 Å². The fraction of sp³-hybridized carbons (Fsp3) is 0. The predicted molar refractivity (Wildman–Crippen MR) is 23.8 cm³/mol. The van der Waals surface area contributed by atoms with Crippen molar-refractivity contribution in [1.82, 2.24) is 0 Å². The largest absolute Gasteiger partial charge is 0.463 e. The van der Waals surface area contributed by atoms with Crippen LogP contribution in [0.3, 0.4) is 0 Å². The second kappa shape index (κ2) is 9.19. The van der Waals surface area contributed by atoms with Crippen LogP contribution in [-0.2, 0) is 26.2 Å². The number of hydrogen-bond acceptors (Lipinski definition) is 1. The summed E-state index contributed by atoms with van der Waals surface area (Å²) in [7, 11) is 0. The van der Waals surface area contributed by atoms with Crippen LogP contribution in [0.15, 0.2) is 0 Å². The van der Waals surface area contributed by atoms with E-state index in [1.165, 1.54) is 0 Å². The summed E-state index contributed by atoms with van der Waals surface area (Å²) in [5.41, 5.74) is 9.86. The zero-order chi connectivity index (χ0) is 3.58. The van der Waals surface area contributed by atoms with E-state index in [4.69, 9.17) is 10.5 Å². The van der Waals surface area contributed by atoms with Gasteiger partial charge in [0.1, 0.15) is 6.03 Å². The van der Waals surface area contributed by atoms with E-state index in [9.17, 15) is 0 Å². The van der Waals surface area contributed by atoms with Gasteiger partial charge in [0.25, 0.3) is 0 Å².